The molecule has 0 spiro atoms. The third-order valence-corrected chi connectivity index (χ3v) is 7.23. The van der Waals surface area contributed by atoms with Gasteiger partial charge in [0.25, 0.3) is 5.91 Å². The van der Waals surface area contributed by atoms with Crippen molar-refractivity contribution in [3.05, 3.63) is 83.7 Å². The number of aryl methyl sites for hydroxylation is 1. The highest BCUT2D eigenvalue weighted by Gasteiger charge is 2.32. The molecule has 0 saturated carbocycles. The van der Waals surface area contributed by atoms with Crippen molar-refractivity contribution in [2.75, 3.05) is 10.6 Å². The Hall–Kier alpha value is -3.72. The van der Waals surface area contributed by atoms with E-state index < -0.39 is 32.7 Å². The summed E-state index contributed by atoms with van der Waals surface area (Å²) in [7, 11) is -3.91. The number of halogens is 1. The largest absolute Gasteiger partial charge is 0.506 e. The van der Waals surface area contributed by atoms with Gasteiger partial charge in [-0.15, -0.1) is 0 Å². The van der Waals surface area contributed by atoms with Crippen molar-refractivity contribution in [3.8, 4) is 5.75 Å². The molecule has 3 aromatic carbocycles. The summed E-state index contributed by atoms with van der Waals surface area (Å²) in [5.74, 6) is -2.11. The molecule has 9 heteroatoms. The minimum Gasteiger partial charge on any atom is -0.506 e. The Balaban J connectivity index is 1.74. The number of sulfone groups is 1. The van der Waals surface area contributed by atoms with Crippen LogP contribution in [0.25, 0.3) is 0 Å². The highest BCUT2D eigenvalue weighted by Crippen LogP contribution is 2.28. The summed E-state index contributed by atoms with van der Waals surface area (Å²) in [6.45, 7) is 3.43. The van der Waals surface area contributed by atoms with Crippen molar-refractivity contribution in [1.82, 2.24) is 0 Å². The summed E-state index contributed by atoms with van der Waals surface area (Å²) in [5, 5.41) is 13.9. The van der Waals surface area contributed by atoms with Crippen LogP contribution < -0.4 is 10.6 Å². The number of carbonyl (C=O) groups is 2. The molecule has 3 rings (SSSR count). The molecule has 172 valence electrons. The van der Waals surface area contributed by atoms with Crippen LogP contribution in [-0.2, 0) is 14.6 Å². The highest BCUT2D eigenvalue weighted by molar-refractivity contribution is 7.92. The van der Waals surface area contributed by atoms with E-state index in [4.69, 9.17) is 0 Å². The fourth-order valence-corrected chi connectivity index (χ4v) is 4.80. The number of nitrogens with one attached hydrogen (secondary N) is 2. The van der Waals surface area contributed by atoms with Gasteiger partial charge in [-0.3, -0.25) is 9.59 Å². The third kappa shape index (κ3) is 5.56. The average molecular weight is 471 g/mol. The minimum atomic E-state index is -3.91. The van der Waals surface area contributed by atoms with Crippen LogP contribution >= 0.6 is 0 Å². The molecular formula is C24H23FN2O5S. The molecule has 0 heterocycles. The maximum atomic E-state index is 13.0. The molecule has 1 unspecified atom stereocenters. The van der Waals surface area contributed by atoms with E-state index in [0.29, 0.717) is 0 Å². The molecule has 0 aliphatic rings. The normalized spacial score (nSPS) is 12.1. The topological polar surface area (TPSA) is 113 Å². The van der Waals surface area contributed by atoms with Crippen LogP contribution in [0, 0.1) is 12.7 Å². The molecule has 0 radical (unpaired) electrons. The zero-order valence-electron chi connectivity index (χ0n) is 18.0. The highest BCUT2D eigenvalue weighted by atomic mass is 32.2. The van der Waals surface area contributed by atoms with Gasteiger partial charge in [0.2, 0.25) is 5.91 Å². The van der Waals surface area contributed by atoms with Gasteiger partial charge < -0.3 is 15.7 Å². The van der Waals surface area contributed by atoms with Gasteiger partial charge in [0.15, 0.2) is 9.84 Å². The Bertz CT molecular complexity index is 1270. The molecule has 0 fully saturated rings. The van der Waals surface area contributed by atoms with Gasteiger partial charge in [-0.2, -0.15) is 0 Å². The first-order valence-corrected chi connectivity index (χ1v) is 11.7. The van der Waals surface area contributed by atoms with Gasteiger partial charge in [-0.05, 0) is 61.9 Å². The quantitative estimate of drug-likeness (QED) is 0.446. The van der Waals surface area contributed by atoms with Gasteiger partial charge in [0.1, 0.15) is 16.8 Å². The van der Waals surface area contributed by atoms with Crippen LogP contribution in [0.4, 0.5) is 15.8 Å². The molecule has 0 saturated heterocycles. The number of anilines is 2. The number of hydrogen-bond acceptors (Lipinski definition) is 5. The predicted molar refractivity (Wildman–Crippen MR) is 124 cm³/mol. The van der Waals surface area contributed by atoms with E-state index >= 15 is 0 Å². The lowest BCUT2D eigenvalue weighted by Gasteiger charge is -2.17. The van der Waals surface area contributed by atoms with Crippen molar-refractivity contribution in [2.24, 2.45) is 0 Å². The van der Waals surface area contributed by atoms with Crippen LogP contribution in [0.15, 0.2) is 71.6 Å². The molecule has 0 aliphatic heterocycles. The number of carbonyl (C=O) groups excluding carboxylic acids is 2. The summed E-state index contributed by atoms with van der Waals surface area (Å²) >= 11 is 0. The van der Waals surface area contributed by atoms with E-state index in [2.05, 4.69) is 10.6 Å². The standard InChI is InChI=1S/C24H23FN2O5S/c1-3-22(33(31,32)19-11-4-15(2)5-12-19)24(30)26-18-10-13-20(21(28)14-18)27-23(29)16-6-8-17(25)9-7-16/h4-14,22,28H,3H2,1-2H3,(H,26,30)(H,27,29). The van der Waals surface area contributed by atoms with Gasteiger partial charge in [0.05, 0.1) is 10.6 Å². The number of aromatic hydroxyl groups is 1. The van der Waals surface area contributed by atoms with Crippen LogP contribution in [0.5, 0.6) is 5.75 Å². The van der Waals surface area contributed by atoms with Crippen LogP contribution in [0.1, 0.15) is 29.3 Å². The molecule has 3 N–H and O–H groups in total. The SMILES string of the molecule is CCC(C(=O)Nc1ccc(NC(=O)c2ccc(F)cc2)c(O)c1)S(=O)(=O)c1ccc(C)cc1. The van der Waals surface area contributed by atoms with Crippen molar-refractivity contribution in [3.63, 3.8) is 0 Å². The fourth-order valence-electron chi connectivity index (χ4n) is 3.17. The van der Waals surface area contributed by atoms with Gasteiger partial charge in [-0.1, -0.05) is 24.6 Å². The van der Waals surface area contributed by atoms with Crippen LogP contribution in [0.3, 0.4) is 0 Å². The van der Waals surface area contributed by atoms with Gasteiger partial charge in [-0.25, -0.2) is 12.8 Å². The average Bonchev–Trinajstić information content (AvgIpc) is 2.76. The molecule has 0 aliphatic carbocycles. The van der Waals surface area contributed by atoms with E-state index in [9.17, 15) is 27.5 Å². The zero-order valence-corrected chi connectivity index (χ0v) is 18.8. The molecule has 0 aromatic heterocycles. The number of hydrogen-bond donors (Lipinski definition) is 3. The molecule has 0 bridgehead atoms. The molecule has 33 heavy (non-hydrogen) atoms. The van der Waals surface area contributed by atoms with Crippen molar-refractivity contribution in [1.29, 1.82) is 0 Å². The lowest BCUT2D eigenvalue weighted by Crippen LogP contribution is -2.34. The summed E-state index contributed by atoms with van der Waals surface area (Å²) in [6, 6.07) is 15.1. The van der Waals surface area contributed by atoms with E-state index in [0.717, 1.165) is 17.7 Å². The first kappa shape index (κ1) is 23.9. The van der Waals surface area contributed by atoms with Crippen molar-refractivity contribution < 1.29 is 27.5 Å². The Labute approximate surface area is 191 Å². The minimum absolute atomic E-state index is 0.0526. The van der Waals surface area contributed by atoms with E-state index in [-0.39, 0.29) is 34.0 Å². The Kier molecular flexibility index (Phi) is 7.13. The molecular weight excluding hydrogens is 447 g/mol. The molecule has 7 nitrogen and oxygen atoms in total. The Morgan fingerprint density at radius 3 is 2.18 bits per heavy atom. The third-order valence-electron chi connectivity index (χ3n) is 5.01. The summed E-state index contributed by atoms with van der Waals surface area (Å²) in [4.78, 5) is 25.1. The van der Waals surface area contributed by atoms with Gasteiger partial charge in [0, 0.05) is 17.3 Å². The number of benzene rings is 3. The monoisotopic (exact) mass is 470 g/mol. The molecule has 1 atom stereocenters. The van der Waals surface area contributed by atoms with Gasteiger partial charge >= 0.3 is 0 Å². The Morgan fingerprint density at radius 2 is 1.61 bits per heavy atom. The maximum absolute atomic E-state index is 13.0. The lowest BCUT2D eigenvalue weighted by molar-refractivity contribution is -0.115. The Morgan fingerprint density at radius 1 is 0.970 bits per heavy atom. The first-order valence-electron chi connectivity index (χ1n) is 10.1. The summed E-state index contributed by atoms with van der Waals surface area (Å²) in [5.41, 5.74) is 1.32. The lowest BCUT2D eigenvalue weighted by atomic mass is 10.2. The number of amides is 2. The van der Waals surface area contributed by atoms with Crippen LogP contribution in [-0.4, -0.2) is 30.6 Å². The number of phenols is 1. The molecule has 2 amide bonds. The number of rotatable bonds is 7. The second kappa shape index (κ2) is 9.83. The van der Waals surface area contributed by atoms with E-state index in [1.807, 2.05) is 6.92 Å². The second-order valence-corrected chi connectivity index (χ2v) is 9.57. The zero-order chi connectivity index (χ0) is 24.2. The van der Waals surface area contributed by atoms with E-state index in [1.54, 1.807) is 19.1 Å². The predicted octanol–water partition coefficient (Wildman–Crippen LogP) is 4.28. The van der Waals surface area contributed by atoms with Crippen molar-refractivity contribution >= 4 is 33.0 Å². The van der Waals surface area contributed by atoms with Crippen molar-refractivity contribution in [2.45, 2.75) is 30.4 Å². The maximum Gasteiger partial charge on any atom is 0.255 e. The second-order valence-electron chi connectivity index (χ2n) is 7.44. The smallest absolute Gasteiger partial charge is 0.255 e. The van der Waals surface area contributed by atoms with E-state index in [1.165, 1.54) is 42.5 Å². The fraction of sp³-hybridized carbons (Fsp3) is 0.167. The summed E-state index contributed by atoms with van der Waals surface area (Å²) < 4.78 is 38.9. The molecule has 3 aromatic rings. The van der Waals surface area contributed by atoms with Crippen LogP contribution in [0.2, 0.25) is 0 Å². The summed E-state index contributed by atoms with van der Waals surface area (Å²) in [6.07, 6.45) is 0.0554. The first-order chi connectivity index (χ1) is 15.6. The number of phenolic OH excluding ortho intramolecular Hbond substituents is 1.